The first-order valence-electron chi connectivity index (χ1n) is 10.2. The Morgan fingerprint density at radius 1 is 1.24 bits per heavy atom. The van der Waals surface area contributed by atoms with Gasteiger partial charge in [-0.15, -0.1) is 0 Å². The largest absolute Gasteiger partial charge is 0.492 e. The smallest absolute Gasteiger partial charge is 0.333 e. The number of halogens is 3. The maximum atomic E-state index is 13.4. The molecule has 10 nitrogen and oxygen atoms in total. The van der Waals surface area contributed by atoms with Crippen molar-refractivity contribution in [2.75, 3.05) is 38.6 Å². The minimum Gasteiger partial charge on any atom is -0.492 e. The van der Waals surface area contributed by atoms with E-state index in [0.29, 0.717) is 21.6 Å². The van der Waals surface area contributed by atoms with Crippen LogP contribution in [0.4, 0.5) is 14.7 Å². The molecule has 0 unspecified atom stereocenters. The number of benzene rings is 1. The minimum absolute atomic E-state index is 0.0533. The van der Waals surface area contributed by atoms with Crippen LogP contribution in [0.5, 0.6) is 5.75 Å². The summed E-state index contributed by atoms with van der Waals surface area (Å²) in [5.41, 5.74) is 7.18. The van der Waals surface area contributed by atoms with Gasteiger partial charge >= 0.3 is 12.5 Å². The number of alkyl halides is 2. The summed E-state index contributed by atoms with van der Waals surface area (Å²) in [6.07, 6.45) is 1.41. The Bertz CT molecular complexity index is 1110. The zero-order valence-corrected chi connectivity index (χ0v) is 18.7. The number of para-hydroxylation sites is 1. The summed E-state index contributed by atoms with van der Waals surface area (Å²) in [6, 6.07) is 8.43. The fourth-order valence-corrected chi connectivity index (χ4v) is 3.50. The average molecular weight is 497 g/mol. The van der Waals surface area contributed by atoms with Gasteiger partial charge in [-0.1, -0.05) is 29.8 Å². The van der Waals surface area contributed by atoms with Crippen molar-refractivity contribution >= 4 is 23.5 Å². The fourth-order valence-electron chi connectivity index (χ4n) is 3.31. The quantitative estimate of drug-likeness (QED) is 0.322. The van der Waals surface area contributed by atoms with Crippen molar-refractivity contribution in [3.63, 3.8) is 0 Å². The summed E-state index contributed by atoms with van der Waals surface area (Å²) < 4.78 is 33.1. The first kappa shape index (κ1) is 25.3. The van der Waals surface area contributed by atoms with Gasteiger partial charge in [0.15, 0.2) is 0 Å². The first-order valence-corrected chi connectivity index (χ1v) is 10.6. The van der Waals surface area contributed by atoms with E-state index in [-0.39, 0.29) is 61.8 Å². The van der Waals surface area contributed by atoms with Gasteiger partial charge in [0.05, 0.1) is 18.8 Å². The van der Waals surface area contributed by atoms with Crippen LogP contribution in [0, 0.1) is 0 Å². The lowest BCUT2D eigenvalue weighted by Crippen LogP contribution is -2.35. The number of nitrogens with two attached hydrogens (primary N) is 1. The molecular formula is C21H23ClF2N6O4. The Morgan fingerprint density at radius 3 is 2.68 bits per heavy atom. The van der Waals surface area contributed by atoms with Crippen molar-refractivity contribution in [3.8, 4) is 17.1 Å². The highest BCUT2D eigenvalue weighted by atomic mass is 35.5. The Kier molecular flexibility index (Phi) is 8.68. The fraction of sp³-hybridized carbons (Fsp3) is 0.333. The maximum Gasteiger partial charge on any atom is 0.333 e. The zero-order valence-electron chi connectivity index (χ0n) is 17.9. The van der Waals surface area contributed by atoms with Crippen LogP contribution in [-0.4, -0.2) is 73.7 Å². The Balaban J connectivity index is 1.83. The third kappa shape index (κ3) is 6.83. The van der Waals surface area contributed by atoms with E-state index in [1.165, 1.54) is 12.3 Å². The molecule has 2 aromatic heterocycles. The molecule has 0 fully saturated rings. The SMILES string of the molecule is Nc1nc(Cl)cc(-c2nn(C(F)F)cc2Cc2ccccc2OCCN(CCO)CC(=O)O)n1. The van der Waals surface area contributed by atoms with Crippen molar-refractivity contribution < 1.29 is 28.5 Å². The maximum absolute atomic E-state index is 13.4. The molecule has 182 valence electrons. The number of carbonyl (C=O) groups is 1. The lowest BCUT2D eigenvalue weighted by molar-refractivity contribution is -0.138. The molecule has 0 amide bonds. The number of nitrogen functional groups attached to an aromatic ring is 1. The molecule has 3 aromatic rings. The molecule has 0 aliphatic carbocycles. The van der Waals surface area contributed by atoms with E-state index < -0.39 is 12.5 Å². The summed E-state index contributed by atoms with van der Waals surface area (Å²) in [4.78, 5) is 20.4. The summed E-state index contributed by atoms with van der Waals surface area (Å²) in [5, 5.41) is 22.1. The number of hydrogen-bond donors (Lipinski definition) is 3. The van der Waals surface area contributed by atoms with Crippen LogP contribution in [0.3, 0.4) is 0 Å². The van der Waals surface area contributed by atoms with Crippen molar-refractivity contribution in [2.24, 2.45) is 0 Å². The molecule has 0 spiro atoms. The molecule has 0 atom stereocenters. The minimum atomic E-state index is -2.86. The normalized spacial score (nSPS) is 11.4. The van der Waals surface area contributed by atoms with Crippen molar-refractivity contribution in [2.45, 2.75) is 13.0 Å². The van der Waals surface area contributed by atoms with Gasteiger partial charge in [0.2, 0.25) is 5.95 Å². The van der Waals surface area contributed by atoms with E-state index in [9.17, 15) is 13.6 Å². The van der Waals surface area contributed by atoms with Gasteiger partial charge in [0.1, 0.15) is 23.2 Å². The summed E-state index contributed by atoms with van der Waals surface area (Å²) >= 11 is 5.95. The number of anilines is 1. The second kappa shape index (κ2) is 11.7. The number of aromatic nitrogens is 4. The number of ether oxygens (including phenoxy) is 1. The predicted octanol–water partition coefficient (Wildman–Crippen LogP) is 2.32. The van der Waals surface area contributed by atoms with Crippen molar-refractivity contribution in [3.05, 3.63) is 52.8 Å². The molecule has 34 heavy (non-hydrogen) atoms. The number of aliphatic hydroxyl groups excluding tert-OH is 1. The first-order chi connectivity index (χ1) is 16.3. The second-order valence-corrected chi connectivity index (χ2v) is 7.61. The molecule has 0 bridgehead atoms. The topological polar surface area (TPSA) is 140 Å². The molecule has 1 aromatic carbocycles. The Morgan fingerprint density at radius 2 is 2.00 bits per heavy atom. The van der Waals surface area contributed by atoms with Crippen molar-refractivity contribution in [1.82, 2.24) is 24.6 Å². The Hall–Kier alpha value is -3.35. The third-order valence-electron chi connectivity index (χ3n) is 4.76. The van der Waals surface area contributed by atoms with Gasteiger partial charge < -0.3 is 20.7 Å². The molecule has 2 heterocycles. The number of nitrogens with zero attached hydrogens (tertiary/aromatic N) is 5. The summed E-state index contributed by atoms with van der Waals surface area (Å²) in [7, 11) is 0. The van der Waals surface area contributed by atoms with E-state index in [2.05, 4.69) is 15.1 Å². The van der Waals surface area contributed by atoms with Crippen LogP contribution in [-0.2, 0) is 11.2 Å². The lowest BCUT2D eigenvalue weighted by Gasteiger charge is -2.19. The molecule has 0 saturated carbocycles. The van der Waals surface area contributed by atoms with Crippen LogP contribution in [0.15, 0.2) is 36.5 Å². The van der Waals surface area contributed by atoms with E-state index in [4.69, 9.17) is 32.3 Å². The molecule has 0 radical (unpaired) electrons. The van der Waals surface area contributed by atoms with E-state index >= 15 is 0 Å². The van der Waals surface area contributed by atoms with Crippen LogP contribution < -0.4 is 10.5 Å². The molecule has 0 saturated heterocycles. The number of aliphatic hydroxyl groups is 1. The standard InChI is InChI=1S/C21H23ClF2N6O4/c22-17-10-15(26-21(25)27-17)19-14(11-30(28-19)20(23)24)9-13-3-1-2-4-16(13)34-8-6-29(5-7-31)12-18(32)33/h1-4,10-11,20,31H,5-9,12H2,(H,32,33)(H2,25,26,27). The number of aliphatic carboxylic acids is 1. The van der Waals surface area contributed by atoms with Gasteiger partial charge in [0.25, 0.3) is 0 Å². The van der Waals surface area contributed by atoms with Gasteiger partial charge in [-0.2, -0.15) is 13.9 Å². The van der Waals surface area contributed by atoms with Gasteiger partial charge in [0, 0.05) is 37.3 Å². The molecular weight excluding hydrogens is 474 g/mol. The van der Waals surface area contributed by atoms with E-state index in [1.54, 1.807) is 29.2 Å². The number of carboxylic acid groups (broad SMARTS) is 1. The summed E-state index contributed by atoms with van der Waals surface area (Å²) in [5.74, 6) is -0.627. The highest BCUT2D eigenvalue weighted by Gasteiger charge is 2.19. The molecule has 4 N–H and O–H groups in total. The average Bonchev–Trinajstić information content (AvgIpc) is 3.18. The van der Waals surface area contributed by atoms with Crippen LogP contribution in [0.1, 0.15) is 17.7 Å². The second-order valence-electron chi connectivity index (χ2n) is 7.22. The van der Waals surface area contributed by atoms with Crippen LogP contribution in [0.2, 0.25) is 5.15 Å². The number of rotatable bonds is 12. The monoisotopic (exact) mass is 496 g/mol. The number of hydrogen-bond acceptors (Lipinski definition) is 8. The van der Waals surface area contributed by atoms with Gasteiger partial charge in [-0.05, 0) is 11.6 Å². The van der Waals surface area contributed by atoms with Gasteiger partial charge in [-0.25, -0.2) is 14.6 Å². The Labute approximate surface area is 198 Å². The number of carboxylic acids is 1. The predicted molar refractivity (Wildman–Crippen MR) is 120 cm³/mol. The zero-order chi connectivity index (χ0) is 24.7. The molecule has 3 rings (SSSR count). The van der Waals surface area contributed by atoms with E-state index in [1.807, 2.05) is 0 Å². The van der Waals surface area contributed by atoms with Crippen molar-refractivity contribution in [1.29, 1.82) is 0 Å². The highest BCUT2D eigenvalue weighted by molar-refractivity contribution is 6.29. The van der Waals surface area contributed by atoms with Crippen LogP contribution >= 0.6 is 11.6 Å². The lowest BCUT2D eigenvalue weighted by atomic mass is 10.0. The van der Waals surface area contributed by atoms with Crippen LogP contribution in [0.25, 0.3) is 11.4 Å². The molecule has 0 aliphatic rings. The van der Waals surface area contributed by atoms with Gasteiger partial charge in [-0.3, -0.25) is 9.69 Å². The third-order valence-corrected chi connectivity index (χ3v) is 4.95. The highest BCUT2D eigenvalue weighted by Crippen LogP contribution is 2.29. The molecule has 13 heteroatoms. The summed E-state index contributed by atoms with van der Waals surface area (Å²) in [6.45, 7) is -2.65. The van der Waals surface area contributed by atoms with E-state index in [0.717, 1.165) is 0 Å². The molecule has 0 aliphatic heterocycles.